The zero-order valence-corrected chi connectivity index (χ0v) is 16.0. The Hall–Kier alpha value is -2.82. The van der Waals surface area contributed by atoms with Gasteiger partial charge in [0.1, 0.15) is 11.8 Å². The molecule has 0 bridgehead atoms. The molecule has 1 atom stereocenters. The van der Waals surface area contributed by atoms with Crippen LogP contribution in [0.4, 0.5) is 0 Å². The maximum atomic E-state index is 13.0. The Labute approximate surface area is 165 Å². The maximum absolute atomic E-state index is 13.0. The second-order valence-electron chi connectivity index (χ2n) is 7.56. The van der Waals surface area contributed by atoms with Crippen molar-refractivity contribution in [3.05, 3.63) is 65.2 Å². The van der Waals surface area contributed by atoms with E-state index in [1.165, 1.54) is 0 Å². The molecule has 5 nitrogen and oxygen atoms in total. The van der Waals surface area contributed by atoms with Crippen molar-refractivity contribution in [1.82, 2.24) is 10.2 Å². The van der Waals surface area contributed by atoms with Crippen LogP contribution < -0.4 is 10.1 Å². The van der Waals surface area contributed by atoms with Gasteiger partial charge in [0, 0.05) is 25.9 Å². The highest BCUT2D eigenvalue weighted by molar-refractivity contribution is 5.88. The van der Waals surface area contributed by atoms with E-state index in [1.807, 2.05) is 53.4 Å². The van der Waals surface area contributed by atoms with Crippen molar-refractivity contribution < 1.29 is 14.3 Å². The normalized spacial score (nSPS) is 16.4. The average molecular weight is 378 g/mol. The lowest BCUT2D eigenvalue weighted by Gasteiger charge is -2.24. The van der Waals surface area contributed by atoms with Crippen molar-refractivity contribution >= 4 is 11.8 Å². The van der Waals surface area contributed by atoms with Crippen LogP contribution in [-0.2, 0) is 28.9 Å². The lowest BCUT2D eigenvalue weighted by molar-refractivity contribution is -0.135. The summed E-state index contributed by atoms with van der Waals surface area (Å²) in [5.74, 6) is 0.819. The summed E-state index contributed by atoms with van der Waals surface area (Å²) in [4.78, 5) is 27.6. The highest BCUT2D eigenvalue weighted by Crippen LogP contribution is 2.26. The Morgan fingerprint density at radius 3 is 2.61 bits per heavy atom. The van der Waals surface area contributed by atoms with Crippen LogP contribution in [0.3, 0.4) is 0 Å². The van der Waals surface area contributed by atoms with Crippen LogP contribution in [0.5, 0.6) is 5.75 Å². The first kappa shape index (κ1) is 18.5. The Balaban J connectivity index is 1.44. The van der Waals surface area contributed by atoms with Gasteiger partial charge in [-0.05, 0) is 35.6 Å². The summed E-state index contributed by atoms with van der Waals surface area (Å²) in [7, 11) is 0. The van der Waals surface area contributed by atoms with Crippen LogP contribution in [0.25, 0.3) is 0 Å². The Kier molecular flexibility index (Phi) is 5.60. The number of amides is 2. The number of ether oxygens (including phenoxy) is 1. The number of rotatable bonds is 6. The van der Waals surface area contributed by atoms with Gasteiger partial charge < -0.3 is 15.0 Å². The molecule has 2 heterocycles. The standard InChI is InChI=1S/C23H26N2O3/c26-22(16-18-8-9-21-19(14-18)10-13-28-21)24-20(15-17-6-2-1-3-7-17)23(27)25-11-4-5-12-25/h1-3,6-9,14,20H,4-5,10-13,15-16H2,(H,24,26)/t20-/m0/s1. The van der Waals surface area contributed by atoms with Crippen molar-refractivity contribution in [2.75, 3.05) is 19.7 Å². The van der Waals surface area contributed by atoms with E-state index in [0.717, 1.165) is 54.8 Å². The molecule has 146 valence electrons. The maximum Gasteiger partial charge on any atom is 0.245 e. The lowest BCUT2D eigenvalue weighted by Crippen LogP contribution is -2.49. The molecule has 0 saturated carbocycles. The van der Waals surface area contributed by atoms with E-state index in [-0.39, 0.29) is 18.2 Å². The van der Waals surface area contributed by atoms with E-state index in [1.54, 1.807) is 0 Å². The zero-order valence-electron chi connectivity index (χ0n) is 16.0. The average Bonchev–Trinajstić information content (AvgIpc) is 3.39. The topological polar surface area (TPSA) is 58.6 Å². The van der Waals surface area contributed by atoms with Crippen LogP contribution in [0, 0.1) is 0 Å². The highest BCUT2D eigenvalue weighted by atomic mass is 16.5. The second kappa shape index (κ2) is 8.46. The monoisotopic (exact) mass is 378 g/mol. The van der Waals surface area contributed by atoms with Crippen LogP contribution in [-0.4, -0.2) is 42.5 Å². The Bertz CT molecular complexity index is 844. The van der Waals surface area contributed by atoms with E-state index in [4.69, 9.17) is 4.74 Å². The van der Waals surface area contributed by atoms with E-state index in [0.29, 0.717) is 13.0 Å². The Morgan fingerprint density at radius 2 is 1.82 bits per heavy atom. The molecule has 5 heteroatoms. The van der Waals surface area contributed by atoms with Gasteiger partial charge in [0.25, 0.3) is 0 Å². The second-order valence-corrected chi connectivity index (χ2v) is 7.56. The number of nitrogens with one attached hydrogen (secondary N) is 1. The van der Waals surface area contributed by atoms with Crippen molar-refractivity contribution in [2.24, 2.45) is 0 Å². The first-order valence-corrected chi connectivity index (χ1v) is 10.1. The van der Waals surface area contributed by atoms with Crippen LogP contribution >= 0.6 is 0 Å². The summed E-state index contributed by atoms with van der Waals surface area (Å²) in [6.07, 6.45) is 3.74. The first-order chi connectivity index (χ1) is 13.7. The fourth-order valence-electron chi connectivity index (χ4n) is 3.99. The smallest absolute Gasteiger partial charge is 0.245 e. The van der Waals surface area contributed by atoms with Crippen molar-refractivity contribution in [3.8, 4) is 5.75 Å². The number of hydrogen-bond donors (Lipinski definition) is 1. The fourth-order valence-corrected chi connectivity index (χ4v) is 3.99. The third-order valence-corrected chi connectivity index (χ3v) is 5.45. The predicted molar refractivity (Wildman–Crippen MR) is 107 cm³/mol. The SMILES string of the molecule is O=C(Cc1ccc2c(c1)CCO2)N[C@@H](Cc1ccccc1)C(=O)N1CCCC1. The highest BCUT2D eigenvalue weighted by Gasteiger charge is 2.28. The zero-order chi connectivity index (χ0) is 19.3. The molecule has 2 aliphatic heterocycles. The van der Waals surface area contributed by atoms with E-state index in [9.17, 15) is 9.59 Å². The number of nitrogens with zero attached hydrogens (tertiary/aromatic N) is 1. The van der Waals surface area contributed by atoms with Gasteiger partial charge in [-0.25, -0.2) is 0 Å². The molecule has 2 aromatic carbocycles. The molecule has 0 spiro atoms. The molecule has 4 rings (SSSR count). The summed E-state index contributed by atoms with van der Waals surface area (Å²) in [6.45, 7) is 2.27. The number of likely N-dealkylation sites (tertiary alicyclic amines) is 1. The summed E-state index contributed by atoms with van der Waals surface area (Å²) >= 11 is 0. The molecule has 0 radical (unpaired) electrons. The van der Waals surface area contributed by atoms with Gasteiger partial charge in [0.05, 0.1) is 13.0 Å². The van der Waals surface area contributed by atoms with Crippen LogP contribution in [0.2, 0.25) is 0 Å². The van der Waals surface area contributed by atoms with Gasteiger partial charge >= 0.3 is 0 Å². The fraction of sp³-hybridized carbons (Fsp3) is 0.391. The molecular formula is C23H26N2O3. The number of benzene rings is 2. The minimum absolute atomic E-state index is 0.0251. The van der Waals surface area contributed by atoms with Gasteiger partial charge in [0.15, 0.2) is 0 Å². The van der Waals surface area contributed by atoms with Gasteiger partial charge in [0.2, 0.25) is 11.8 Å². The minimum atomic E-state index is -0.522. The van der Waals surface area contributed by atoms with Crippen molar-refractivity contribution in [3.63, 3.8) is 0 Å². The molecule has 1 saturated heterocycles. The number of hydrogen-bond acceptors (Lipinski definition) is 3. The third kappa shape index (κ3) is 4.35. The number of carbonyl (C=O) groups is 2. The third-order valence-electron chi connectivity index (χ3n) is 5.45. The van der Waals surface area contributed by atoms with Crippen molar-refractivity contribution in [1.29, 1.82) is 0 Å². The summed E-state index contributed by atoms with van der Waals surface area (Å²) in [5.41, 5.74) is 3.16. The molecule has 1 N–H and O–H groups in total. The van der Waals surface area contributed by atoms with Crippen molar-refractivity contribution in [2.45, 2.75) is 38.1 Å². The predicted octanol–water partition coefficient (Wildman–Crippen LogP) is 2.51. The Morgan fingerprint density at radius 1 is 1.04 bits per heavy atom. The van der Waals surface area contributed by atoms with Gasteiger partial charge in [-0.15, -0.1) is 0 Å². The minimum Gasteiger partial charge on any atom is -0.493 e. The molecule has 2 aliphatic rings. The van der Waals surface area contributed by atoms with E-state index < -0.39 is 6.04 Å². The van der Waals surface area contributed by atoms with E-state index in [2.05, 4.69) is 5.32 Å². The first-order valence-electron chi connectivity index (χ1n) is 10.1. The molecular weight excluding hydrogens is 352 g/mol. The summed E-state index contributed by atoms with van der Waals surface area (Å²) < 4.78 is 5.53. The van der Waals surface area contributed by atoms with Crippen LogP contribution in [0.1, 0.15) is 29.5 Å². The van der Waals surface area contributed by atoms with Gasteiger partial charge in [-0.3, -0.25) is 9.59 Å². The molecule has 2 aromatic rings. The summed E-state index contributed by atoms with van der Waals surface area (Å²) in [5, 5.41) is 3.00. The number of carbonyl (C=O) groups excluding carboxylic acids is 2. The van der Waals surface area contributed by atoms with E-state index >= 15 is 0 Å². The van der Waals surface area contributed by atoms with Crippen LogP contribution in [0.15, 0.2) is 48.5 Å². The molecule has 2 amide bonds. The molecule has 0 aliphatic carbocycles. The summed E-state index contributed by atoms with van der Waals surface area (Å²) in [6, 6.07) is 15.2. The molecule has 28 heavy (non-hydrogen) atoms. The molecule has 1 fully saturated rings. The molecule has 0 unspecified atom stereocenters. The van der Waals surface area contributed by atoms with Gasteiger partial charge in [-0.1, -0.05) is 42.5 Å². The quantitative estimate of drug-likeness (QED) is 0.840. The van der Waals surface area contributed by atoms with Gasteiger partial charge in [-0.2, -0.15) is 0 Å². The molecule has 0 aromatic heterocycles. The number of fused-ring (bicyclic) bond motifs is 1. The lowest BCUT2D eigenvalue weighted by atomic mass is 10.0. The largest absolute Gasteiger partial charge is 0.493 e.